The molecule has 5 nitrogen and oxygen atoms in total. The number of ether oxygens (including phenoxy) is 1. The van der Waals surface area contributed by atoms with Gasteiger partial charge in [-0.15, -0.1) is 0 Å². The van der Waals surface area contributed by atoms with Crippen LogP contribution < -0.4 is 10.2 Å². The second kappa shape index (κ2) is 7.58. The van der Waals surface area contributed by atoms with Gasteiger partial charge in [0.15, 0.2) is 6.61 Å². The number of hydrogen-bond donors (Lipinski definition) is 1. The maximum Gasteiger partial charge on any atom is 0.416 e. The molecular formula is C16H14F3N3O2. The summed E-state index contributed by atoms with van der Waals surface area (Å²) >= 11 is 0. The molecule has 1 amide bonds. The van der Waals surface area contributed by atoms with Crippen molar-refractivity contribution in [1.29, 1.82) is 0 Å². The van der Waals surface area contributed by atoms with Crippen LogP contribution in [0.5, 0.6) is 5.75 Å². The normalized spacial score (nSPS) is 11.9. The zero-order valence-electron chi connectivity index (χ0n) is 12.7. The first-order valence-electron chi connectivity index (χ1n) is 6.90. The van der Waals surface area contributed by atoms with Gasteiger partial charge in [0.05, 0.1) is 11.3 Å². The number of alkyl halides is 3. The maximum atomic E-state index is 12.6. The molecule has 0 atom stereocenters. The number of carbonyl (C=O) groups excluding carboxylic acids is 1. The third-order valence-corrected chi connectivity index (χ3v) is 2.96. The molecule has 24 heavy (non-hydrogen) atoms. The topological polar surface area (TPSA) is 63.6 Å². The third kappa shape index (κ3) is 5.08. The summed E-state index contributed by atoms with van der Waals surface area (Å²) < 4.78 is 42.8. The summed E-state index contributed by atoms with van der Waals surface area (Å²) in [6.07, 6.45) is -1.27. The van der Waals surface area contributed by atoms with Gasteiger partial charge in [-0.1, -0.05) is 12.1 Å². The van der Waals surface area contributed by atoms with Crippen LogP contribution in [0.15, 0.2) is 53.9 Å². The number of nitrogens with one attached hydrogen (secondary N) is 1. The molecule has 0 saturated heterocycles. The largest absolute Gasteiger partial charge is 0.484 e. The molecule has 1 aromatic heterocycles. The summed E-state index contributed by atoms with van der Waals surface area (Å²) in [5, 5.41) is 3.88. The van der Waals surface area contributed by atoms with Crippen LogP contribution in [-0.2, 0) is 11.0 Å². The molecule has 2 aromatic rings. The molecule has 0 unspecified atom stereocenters. The van der Waals surface area contributed by atoms with Crippen molar-refractivity contribution in [3.8, 4) is 5.75 Å². The van der Waals surface area contributed by atoms with Crippen molar-refractivity contribution in [3.05, 3.63) is 59.9 Å². The number of hydrazone groups is 1. The fourth-order valence-electron chi connectivity index (χ4n) is 1.73. The first kappa shape index (κ1) is 17.5. The third-order valence-electron chi connectivity index (χ3n) is 2.96. The van der Waals surface area contributed by atoms with Crippen molar-refractivity contribution in [3.63, 3.8) is 0 Å². The minimum atomic E-state index is -4.47. The van der Waals surface area contributed by atoms with Gasteiger partial charge in [-0.2, -0.15) is 18.3 Å². The first-order chi connectivity index (χ1) is 11.4. The number of amides is 1. The van der Waals surface area contributed by atoms with Gasteiger partial charge in [0.25, 0.3) is 5.91 Å². The molecule has 0 aliphatic heterocycles. The summed E-state index contributed by atoms with van der Waals surface area (Å²) in [7, 11) is 0. The van der Waals surface area contributed by atoms with Crippen LogP contribution >= 0.6 is 0 Å². The predicted molar refractivity (Wildman–Crippen MR) is 81.5 cm³/mol. The van der Waals surface area contributed by atoms with Crippen molar-refractivity contribution < 1.29 is 22.7 Å². The number of halogens is 3. The van der Waals surface area contributed by atoms with Crippen molar-refractivity contribution in [2.24, 2.45) is 5.10 Å². The van der Waals surface area contributed by atoms with Crippen molar-refractivity contribution in [1.82, 2.24) is 10.4 Å². The lowest BCUT2D eigenvalue weighted by Crippen LogP contribution is -2.25. The summed E-state index contributed by atoms with van der Waals surface area (Å²) in [5.41, 5.74) is 2.70. The molecule has 0 saturated carbocycles. The summed E-state index contributed by atoms with van der Waals surface area (Å²) in [4.78, 5) is 15.6. The second-order valence-electron chi connectivity index (χ2n) is 4.79. The zero-order valence-corrected chi connectivity index (χ0v) is 12.7. The monoisotopic (exact) mass is 337 g/mol. The summed E-state index contributed by atoms with van der Waals surface area (Å²) in [6, 6.07) is 7.81. The van der Waals surface area contributed by atoms with Crippen LogP contribution in [0.25, 0.3) is 0 Å². The number of aromatic nitrogens is 1. The van der Waals surface area contributed by atoms with Crippen LogP contribution in [0, 0.1) is 0 Å². The van der Waals surface area contributed by atoms with Crippen molar-refractivity contribution >= 4 is 11.6 Å². The standard InChI is InChI=1S/C16H14F3N3O2/c1-11(12-4-3-7-20-9-12)21-22-15(23)10-24-14-6-2-5-13(8-14)16(17,18)19/h2-9H,10H2,1H3,(H,22,23)/b21-11+. The number of nitrogens with zero attached hydrogens (tertiary/aromatic N) is 2. The average molecular weight is 337 g/mol. The minimum Gasteiger partial charge on any atom is -0.484 e. The van der Waals surface area contributed by atoms with Crippen LogP contribution in [-0.4, -0.2) is 23.2 Å². The number of hydrogen-bond acceptors (Lipinski definition) is 4. The van der Waals surface area contributed by atoms with Crippen LogP contribution in [0.4, 0.5) is 13.2 Å². The average Bonchev–Trinajstić information content (AvgIpc) is 2.58. The smallest absolute Gasteiger partial charge is 0.416 e. The van der Waals surface area contributed by atoms with Crippen LogP contribution in [0.2, 0.25) is 0 Å². The number of rotatable bonds is 5. The highest BCUT2D eigenvalue weighted by Gasteiger charge is 2.30. The molecule has 0 bridgehead atoms. The fraction of sp³-hybridized carbons (Fsp3) is 0.188. The van der Waals surface area contributed by atoms with Gasteiger partial charge in [-0.05, 0) is 31.2 Å². The summed E-state index contributed by atoms with van der Waals surface area (Å²) in [5.74, 6) is -0.636. The van der Waals surface area contributed by atoms with E-state index >= 15 is 0 Å². The Bertz CT molecular complexity index is 731. The molecule has 2 rings (SSSR count). The Morgan fingerprint density at radius 3 is 2.75 bits per heavy atom. The Balaban J connectivity index is 1.90. The van der Waals surface area contributed by atoms with Crippen molar-refractivity contribution in [2.45, 2.75) is 13.1 Å². The Morgan fingerprint density at radius 1 is 1.29 bits per heavy atom. The molecule has 0 radical (unpaired) electrons. The lowest BCUT2D eigenvalue weighted by molar-refractivity contribution is -0.137. The Labute approximate surface area is 136 Å². The van der Waals surface area contributed by atoms with E-state index in [1.807, 2.05) is 0 Å². The predicted octanol–water partition coefficient (Wildman–Crippen LogP) is 3.02. The quantitative estimate of drug-likeness (QED) is 0.674. The van der Waals surface area contributed by atoms with E-state index in [1.54, 1.807) is 31.5 Å². The molecule has 8 heteroatoms. The van der Waals surface area contributed by atoms with E-state index < -0.39 is 24.3 Å². The molecule has 1 N–H and O–H groups in total. The number of benzene rings is 1. The van der Waals surface area contributed by atoms with E-state index in [-0.39, 0.29) is 5.75 Å². The van der Waals surface area contributed by atoms with E-state index in [2.05, 4.69) is 15.5 Å². The molecule has 1 heterocycles. The SMILES string of the molecule is C/C(=N\NC(=O)COc1cccc(C(F)(F)F)c1)c1cccnc1. The van der Waals surface area contributed by atoms with E-state index in [1.165, 1.54) is 12.1 Å². The van der Waals surface area contributed by atoms with Gasteiger partial charge in [0.1, 0.15) is 5.75 Å². The molecule has 0 spiro atoms. The molecular weight excluding hydrogens is 323 g/mol. The van der Waals surface area contributed by atoms with E-state index in [9.17, 15) is 18.0 Å². The molecule has 0 aliphatic carbocycles. The van der Waals surface area contributed by atoms with Crippen LogP contribution in [0.1, 0.15) is 18.1 Å². The summed E-state index contributed by atoms with van der Waals surface area (Å²) in [6.45, 7) is 1.23. The minimum absolute atomic E-state index is 0.0482. The molecule has 0 fully saturated rings. The van der Waals surface area contributed by atoms with Crippen molar-refractivity contribution in [2.75, 3.05) is 6.61 Å². The molecule has 0 aliphatic rings. The highest BCUT2D eigenvalue weighted by molar-refractivity contribution is 5.98. The first-order valence-corrected chi connectivity index (χ1v) is 6.90. The Kier molecular flexibility index (Phi) is 5.51. The Morgan fingerprint density at radius 2 is 2.08 bits per heavy atom. The number of pyridine rings is 1. The van der Waals surface area contributed by atoms with Gasteiger partial charge >= 0.3 is 6.18 Å². The van der Waals surface area contributed by atoms with Gasteiger partial charge in [0.2, 0.25) is 0 Å². The maximum absolute atomic E-state index is 12.6. The highest BCUT2D eigenvalue weighted by atomic mass is 19.4. The van der Waals surface area contributed by atoms with E-state index in [0.717, 1.165) is 17.7 Å². The highest BCUT2D eigenvalue weighted by Crippen LogP contribution is 2.31. The lowest BCUT2D eigenvalue weighted by Gasteiger charge is -2.09. The zero-order chi connectivity index (χ0) is 17.6. The Hall–Kier alpha value is -2.90. The van der Waals surface area contributed by atoms with E-state index in [4.69, 9.17) is 4.74 Å². The van der Waals surface area contributed by atoms with E-state index in [0.29, 0.717) is 5.71 Å². The van der Waals surface area contributed by atoms with Gasteiger partial charge in [-0.25, -0.2) is 5.43 Å². The lowest BCUT2D eigenvalue weighted by atomic mass is 10.2. The van der Waals surface area contributed by atoms with Crippen LogP contribution in [0.3, 0.4) is 0 Å². The molecule has 1 aromatic carbocycles. The van der Waals surface area contributed by atoms with Gasteiger partial charge in [0, 0.05) is 18.0 Å². The number of carbonyl (C=O) groups is 1. The van der Waals surface area contributed by atoms with Gasteiger partial charge < -0.3 is 4.74 Å². The van der Waals surface area contributed by atoms with Gasteiger partial charge in [-0.3, -0.25) is 9.78 Å². The second-order valence-corrected chi connectivity index (χ2v) is 4.79. The fourth-order valence-corrected chi connectivity index (χ4v) is 1.73. The molecule has 126 valence electrons.